The van der Waals surface area contributed by atoms with Gasteiger partial charge in [0.25, 0.3) is 0 Å². The van der Waals surface area contributed by atoms with E-state index >= 15 is 0 Å². The first kappa shape index (κ1) is 8.59. The van der Waals surface area contributed by atoms with Crippen LogP contribution in [-0.2, 0) is 0 Å². The Kier molecular flexibility index (Phi) is 2.52. The first-order chi connectivity index (χ1) is 6.36. The predicted octanol–water partition coefficient (Wildman–Crippen LogP) is 2.61. The molecule has 0 spiro atoms. The molecule has 13 heavy (non-hydrogen) atoms. The number of nitrogens with zero attached hydrogens (tertiary/aromatic N) is 2. The zero-order valence-electron chi connectivity index (χ0n) is 6.57. The molecule has 0 bridgehead atoms. The second-order valence-electron chi connectivity index (χ2n) is 2.30. The average Bonchev–Trinajstić information content (AvgIpc) is 2.61. The van der Waals surface area contributed by atoms with Crippen LogP contribution in [0.25, 0.3) is 0 Å². The maximum atomic E-state index is 5.92. The van der Waals surface area contributed by atoms with E-state index < -0.39 is 0 Å². The number of halogens is 1. The molecule has 3 nitrogen and oxygen atoms in total. The molecule has 66 valence electrons. The monoisotopic (exact) mass is 211 g/mol. The van der Waals surface area contributed by atoms with Crippen molar-refractivity contribution in [3.63, 3.8) is 0 Å². The van der Waals surface area contributed by atoms with Gasteiger partial charge in [-0.3, -0.25) is 5.10 Å². The lowest BCUT2D eigenvalue weighted by atomic mass is 10.5. The summed E-state index contributed by atoms with van der Waals surface area (Å²) in [6.45, 7) is 0. The number of pyridine rings is 1. The largest absolute Gasteiger partial charge is 0.285 e. The van der Waals surface area contributed by atoms with Gasteiger partial charge in [0.2, 0.25) is 0 Å². The lowest BCUT2D eigenvalue weighted by Crippen LogP contribution is -1.80. The molecule has 2 rings (SSSR count). The molecule has 0 fully saturated rings. The highest BCUT2D eigenvalue weighted by atomic mass is 35.5. The molecule has 5 heteroatoms. The molecule has 0 radical (unpaired) electrons. The van der Waals surface area contributed by atoms with Crippen LogP contribution in [0.5, 0.6) is 0 Å². The van der Waals surface area contributed by atoms with E-state index in [0.717, 1.165) is 10.1 Å². The maximum Gasteiger partial charge on any atom is 0.124 e. The number of rotatable bonds is 2. The molecule has 0 aromatic carbocycles. The molecule has 0 aliphatic carbocycles. The third kappa shape index (κ3) is 2.02. The molecule has 0 saturated carbocycles. The van der Waals surface area contributed by atoms with Crippen LogP contribution >= 0.6 is 23.4 Å². The van der Waals surface area contributed by atoms with Gasteiger partial charge in [-0.1, -0.05) is 11.6 Å². The highest BCUT2D eigenvalue weighted by Gasteiger charge is 2.03. The number of aromatic amines is 1. The Morgan fingerprint density at radius 2 is 2.31 bits per heavy atom. The molecular formula is C8H6ClN3S. The maximum absolute atomic E-state index is 5.92. The lowest BCUT2D eigenvalue weighted by molar-refractivity contribution is 0.998. The van der Waals surface area contributed by atoms with Crippen LogP contribution in [-0.4, -0.2) is 15.2 Å². The summed E-state index contributed by atoms with van der Waals surface area (Å²) >= 11 is 7.36. The fourth-order valence-corrected chi connectivity index (χ4v) is 1.80. The third-order valence-corrected chi connectivity index (χ3v) is 2.77. The molecule has 0 atom stereocenters. The van der Waals surface area contributed by atoms with Gasteiger partial charge in [-0.05, 0) is 30.0 Å². The minimum Gasteiger partial charge on any atom is -0.285 e. The van der Waals surface area contributed by atoms with E-state index in [2.05, 4.69) is 15.2 Å². The van der Waals surface area contributed by atoms with Gasteiger partial charge in [0, 0.05) is 12.4 Å². The number of nitrogens with one attached hydrogen (secondary N) is 1. The summed E-state index contributed by atoms with van der Waals surface area (Å²) in [5.74, 6) is 0. The minimum absolute atomic E-state index is 0.649. The SMILES string of the molecule is Clc1cccnc1Sc1cc[nH]n1. The Labute approximate surface area is 84.5 Å². The summed E-state index contributed by atoms with van der Waals surface area (Å²) in [5, 5.41) is 9.00. The van der Waals surface area contributed by atoms with Crippen LogP contribution in [0.1, 0.15) is 0 Å². The molecule has 2 aromatic rings. The molecule has 0 aliphatic heterocycles. The van der Waals surface area contributed by atoms with Crippen molar-refractivity contribution in [3.8, 4) is 0 Å². The van der Waals surface area contributed by atoms with Crippen molar-refractivity contribution in [2.75, 3.05) is 0 Å². The van der Waals surface area contributed by atoms with E-state index in [9.17, 15) is 0 Å². The molecule has 1 N–H and O–H groups in total. The summed E-state index contributed by atoms with van der Waals surface area (Å²) in [4.78, 5) is 4.13. The van der Waals surface area contributed by atoms with Crippen molar-refractivity contribution in [2.45, 2.75) is 10.1 Å². The van der Waals surface area contributed by atoms with Gasteiger partial charge in [0.1, 0.15) is 10.1 Å². The van der Waals surface area contributed by atoms with Crippen LogP contribution in [0, 0.1) is 0 Å². The van der Waals surface area contributed by atoms with Gasteiger partial charge >= 0.3 is 0 Å². The topological polar surface area (TPSA) is 41.6 Å². The number of hydrogen-bond acceptors (Lipinski definition) is 3. The lowest BCUT2D eigenvalue weighted by Gasteiger charge is -1.97. The smallest absolute Gasteiger partial charge is 0.124 e. The van der Waals surface area contributed by atoms with Gasteiger partial charge in [-0.2, -0.15) is 5.10 Å². The van der Waals surface area contributed by atoms with Crippen molar-refractivity contribution < 1.29 is 0 Å². The zero-order valence-corrected chi connectivity index (χ0v) is 8.14. The molecular weight excluding hydrogens is 206 g/mol. The fraction of sp³-hybridized carbons (Fsp3) is 0. The average molecular weight is 212 g/mol. The van der Waals surface area contributed by atoms with E-state index in [1.165, 1.54) is 11.8 Å². The molecule has 0 amide bonds. The summed E-state index contributed by atoms with van der Waals surface area (Å²) in [7, 11) is 0. The Balaban J connectivity index is 2.24. The highest BCUT2D eigenvalue weighted by Crippen LogP contribution is 2.29. The second-order valence-corrected chi connectivity index (χ2v) is 3.72. The first-order valence-corrected chi connectivity index (χ1v) is 4.84. The van der Waals surface area contributed by atoms with Crippen LogP contribution in [0.4, 0.5) is 0 Å². The first-order valence-electron chi connectivity index (χ1n) is 3.64. The van der Waals surface area contributed by atoms with Gasteiger partial charge in [-0.15, -0.1) is 0 Å². The van der Waals surface area contributed by atoms with Gasteiger partial charge in [-0.25, -0.2) is 4.98 Å². The van der Waals surface area contributed by atoms with Crippen molar-refractivity contribution in [1.82, 2.24) is 15.2 Å². The van der Waals surface area contributed by atoms with Gasteiger partial charge in [0.05, 0.1) is 5.02 Å². The quantitative estimate of drug-likeness (QED) is 0.830. The molecule has 2 heterocycles. The van der Waals surface area contributed by atoms with Crippen molar-refractivity contribution in [1.29, 1.82) is 0 Å². The second kappa shape index (κ2) is 3.81. The number of hydrogen-bond donors (Lipinski definition) is 1. The molecule has 0 aliphatic rings. The van der Waals surface area contributed by atoms with E-state index in [1.807, 2.05) is 12.1 Å². The Bertz CT molecular complexity index is 388. The van der Waals surface area contributed by atoms with Crippen molar-refractivity contribution >= 4 is 23.4 Å². The van der Waals surface area contributed by atoms with E-state index in [1.54, 1.807) is 18.5 Å². The van der Waals surface area contributed by atoms with Crippen LogP contribution in [0.2, 0.25) is 5.02 Å². The third-order valence-electron chi connectivity index (χ3n) is 1.40. The number of aromatic nitrogens is 3. The van der Waals surface area contributed by atoms with E-state index in [0.29, 0.717) is 5.02 Å². The summed E-state index contributed by atoms with van der Waals surface area (Å²) in [6, 6.07) is 5.48. The normalized spacial score (nSPS) is 10.2. The van der Waals surface area contributed by atoms with Crippen molar-refractivity contribution in [2.24, 2.45) is 0 Å². The summed E-state index contributed by atoms with van der Waals surface area (Å²) in [5.41, 5.74) is 0. The van der Waals surface area contributed by atoms with Crippen LogP contribution in [0.3, 0.4) is 0 Å². The molecule has 0 saturated heterocycles. The van der Waals surface area contributed by atoms with Gasteiger partial charge in [0.15, 0.2) is 0 Å². The summed E-state index contributed by atoms with van der Waals surface area (Å²) in [6.07, 6.45) is 3.47. The molecule has 2 aromatic heterocycles. The Morgan fingerprint density at radius 3 is 3.00 bits per heavy atom. The molecule has 0 unspecified atom stereocenters. The predicted molar refractivity (Wildman–Crippen MR) is 52.0 cm³/mol. The van der Waals surface area contributed by atoms with E-state index in [-0.39, 0.29) is 0 Å². The standard InChI is InChI=1S/C8H6ClN3S/c9-6-2-1-4-10-8(6)13-7-3-5-11-12-7/h1-5H,(H,11,12). The van der Waals surface area contributed by atoms with Crippen LogP contribution < -0.4 is 0 Å². The fourth-order valence-electron chi connectivity index (χ4n) is 0.849. The van der Waals surface area contributed by atoms with Gasteiger partial charge < -0.3 is 0 Å². The highest BCUT2D eigenvalue weighted by molar-refractivity contribution is 7.99. The minimum atomic E-state index is 0.649. The zero-order chi connectivity index (χ0) is 9.10. The Hall–Kier alpha value is -1.00. The Morgan fingerprint density at radius 1 is 1.38 bits per heavy atom. The van der Waals surface area contributed by atoms with E-state index in [4.69, 9.17) is 11.6 Å². The number of H-pyrrole nitrogens is 1. The van der Waals surface area contributed by atoms with Crippen molar-refractivity contribution in [3.05, 3.63) is 35.6 Å². The summed E-state index contributed by atoms with van der Waals surface area (Å²) < 4.78 is 0. The van der Waals surface area contributed by atoms with Crippen LogP contribution in [0.15, 0.2) is 40.6 Å².